The van der Waals surface area contributed by atoms with Crippen molar-refractivity contribution in [3.05, 3.63) is 35.9 Å². The molecule has 0 aliphatic carbocycles. The SMILES string of the molecule is CC.O=C(c1ccccc1)N1CCC2(CC1)CO2. The molecule has 2 aliphatic rings. The molecule has 0 radical (unpaired) electrons. The molecular weight excluding hydrogens is 226 g/mol. The number of hydrogen-bond donors (Lipinski definition) is 0. The van der Waals surface area contributed by atoms with E-state index in [1.807, 2.05) is 49.1 Å². The summed E-state index contributed by atoms with van der Waals surface area (Å²) < 4.78 is 5.43. The number of likely N-dealkylation sites (tertiary alicyclic amines) is 1. The molecule has 0 aromatic heterocycles. The quantitative estimate of drug-likeness (QED) is 0.715. The van der Waals surface area contributed by atoms with E-state index in [9.17, 15) is 4.79 Å². The van der Waals surface area contributed by atoms with E-state index >= 15 is 0 Å². The molecular formula is C15H21NO2. The number of carbonyl (C=O) groups excluding carboxylic acids is 1. The molecule has 2 fully saturated rings. The second-order valence-corrected chi connectivity index (χ2v) is 4.63. The summed E-state index contributed by atoms with van der Waals surface area (Å²) in [6, 6.07) is 9.49. The van der Waals surface area contributed by atoms with Gasteiger partial charge in [-0.2, -0.15) is 0 Å². The van der Waals surface area contributed by atoms with Gasteiger partial charge in [-0.25, -0.2) is 0 Å². The van der Waals surface area contributed by atoms with Crippen molar-refractivity contribution in [2.75, 3.05) is 19.7 Å². The molecule has 1 amide bonds. The average molecular weight is 247 g/mol. The van der Waals surface area contributed by atoms with E-state index in [1.165, 1.54) is 0 Å². The Bertz CT molecular complexity index is 388. The molecule has 18 heavy (non-hydrogen) atoms. The van der Waals surface area contributed by atoms with Crippen LogP contribution in [0.1, 0.15) is 37.0 Å². The first-order valence-electron chi connectivity index (χ1n) is 6.77. The van der Waals surface area contributed by atoms with Gasteiger partial charge in [0.15, 0.2) is 0 Å². The molecule has 0 N–H and O–H groups in total. The van der Waals surface area contributed by atoms with Crippen molar-refractivity contribution in [3.8, 4) is 0 Å². The third kappa shape index (κ3) is 2.72. The second-order valence-electron chi connectivity index (χ2n) is 4.63. The summed E-state index contributed by atoms with van der Waals surface area (Å²) in [6.45, 7) is 6.54. The zero-order valence-corrected chi connectivity index (χ0v) is 11.2. The summed E-state index contributed by atoms with van der Waals surface area (Å²) in [7, 11) is 0. The number of epoxide rings is 1. The van der Waals surface area contributed by atoms with Gasteiger partial charge in [0.25, 0.3) is 5.91 Å². The van der Waals surface area contributed by atoms with Crippen LogP contribution in [0.3, 0.4) is 0 Å². The predicted molar refractivity (Wildman–Crippen MR) is 71.6 cm³/mol. The molecule has 3 rings (SSSR count). The van der Waals surface area contributed by atoms with Crippen LogP contribution in [0.15, 0.2) is 30.3 Å². The van der Waals surface area contributed by atoms with Crippen LogP contribution in [0.5, 0.6) is 0 Å². The lowest BCUT2D eigenvalue weighted by atomic mass is 9.97. The summed E-state index contributed by atoms with van der Waals surface area (Å²) in [4.78, 5) is 14.0. The van der Waals surface area contributed by atoms with Crippen molar-refractivity contribution in [1.29, 1.82) is 0 Å². The fourth-order valence-electron chi connectivity index (χ4n) is 2.27. The number of hydrogen-bond acceptors (Lipinski definition) is 2. The lowest BCUT2D eigenvalue weighted by Gasteiger charge is -2.30. The van der Waals surface area contributed by atoms with E-state index in [2.05, 4.69) is 0 Å². The Balaban J connectivity index is 0.000000574. The molecule has 0 atom stereocenters. The highest BCUT2D eigenvalue weighted by molar-refractivity contribution is 5.94. The van der Waals surface area contributed by atoms with Crippen LogP contribution in [-0.4, -0.2) is 36.1 Å². The summed E-state index contributed by atoms with van der Waals surface area (Å²) in [5.74, 6) is 0.149. The van der Waals surface area contributed by atoms with Gasteiger partial charge in [-0.15, -0.1) is 0 Å². The highest BCUT2D eigenvalue weighted by Crippen LogP contribution is 2.37. The maximum absolute atomic E-state index is 12.1. The number of nitrogens with zero attached hydrogens (tertiary/aromatic N) is 1. The predicted octanol–water partition coefficient (Wildman–Crippen LogP) is 2.72. The summed E-state index contributed by atoms with van der Waals surface area (Å²) >= 11 is 0. The van der Waals surface area contributed by atoms with Crippen LogP contribution in [0, 0.1) is 0 Å². The number of rotatable bonds is 1. The zero-order chi connectivity index (χ0) is 13.0. The molecule has 98 valence electrons. The van der Waals surface area contributed by atoms with Crippen molar-refractivity contribution in [1.82, 2.24) is 4.90 Å². The van der Waals surface area contributed by atoms with E-state index in [0.717, 1.165) is 38.1 Å². The van der Waals surface area contributed by atoms with Gasteiger partial charge in [0, 0.05) is 18.7 Å². The molecule has 3 nitrogen and oxygen atoms in total. The Morgan fingerprint density at radius 3 is 2.22 bits per heavy atom. The van der Waals surface area contributed by atoms with Crippen molar-refractivity contribution in [2.24, 2.45) is 0 Å². The average Bonchev–Trinajstić information content (AvgIpc) is 3.22. The Labute approximate surface area is 109 Å². The maximum atomic E-state index is 12.1. The monoisotopic (exact) mass is 247 g/mol. The lowest BCUT2D eigenvalue weighted by molar-refractivity contribution is 0.0663. The van der Waals surface area contributed by atoms with Gasteiger partial charge in [0.05, 0.1) is 12.2 Å². The standard InChI is InChI=1S/C13H15NO2.C2H6/c15-12(11-4-2-1-3-5-11)14-8-6-13(7-9-14)10-16-13;1-2/h1-5H,6-10H2;1-2H3. The van der Waals surface area contributed by atoms with Crippen LogP contribution in [-0.2, 0) is 4.74 Å². The molecule has 0 saturated carbocycles. The van der Waals surface area contributed by atoms with Crippen molar-refractivity contribution >= 4 is 5.91 Å². The van der Waals surface area contributed by atoms with Gasteiger partial charge in [0.2, 0.25) is 0 Å². The van der Waals surface area contributed by atoms with Gasteiger partial charge in [-0.1, -0.05) is 32.0 Å². The van der Waals surface area contributed by atoms with Gasteiger partial charge in [-0.05, 0) is 25.0 Å². The number of piperidine rings is 1. The van der Waals surface area contributed by atoms with Crippen LogP contribution in [0.4, 0.5) is 0 Å². The molecule has 2 aliphatic heterocycles. The molecule has 3 heteroatoms. The smallest absolute Gasteiger partial charge is 0.253 e. The van der Waals surface area contributed by atoms with Crippen LogP contribution in [0.25, 0.3) is 0 Å². The molecule has 0 bridgehead atoms. The fraction of sp³-hybridized carbons (Fsp3) is 0.533. The Morgan fingerprint density at radius 2 is 1.72 bits per heavy atom. The summed E-state index contributed by atoms with van der Waals surface area (Å²) in [5, 5.41) is 0. The van der Waals surface area contributed by atoms with Gasteiger partial charge in [0.1, 0.15) is 0 Å². The zero-order valence-electron chi connectivity index (χ0n) is 11.2. The van der Waals surface area contributed by atoms with Crippen molar-refractivity contribution < 1.29 is 9.53 Å². The molecule has 2 heterocycles. The molecule has 1 aromatic carbocycles. The minimum atomic E-state index is 0.146. The number of benzene rings is 1. The van der Waals surface area contributed by atoms with E-state index in [1.54, 1.807) is 0 Å². The molecule has 1 aromatic rings. The number of carbonyl (C=O) groups is 1. The lowest BCUT2D eigenvalue weighted by Crippen LogP contribution is -2.41. The Hall–Kier alpha value is -1.35. The summed E-state index contributed by atoms with van der Waals surface area (Å²) in [5.41, 5.74) is 0.933. The van der Waals surface area contributed by atoms with Crippen LogP contribution in [0.2, 0.25) is 0 Å². The highest BCUT2D eigenvalue weighted by Gasteiger charge is 2.47. The maximum Gasteiger partial charge on any atom is 0.253 e. The van der Waals surface area contributed by atoms with Crippen molar-refractivity contribution in [3.63, 3.8) is 0 Å². The minimum Gasteiger partial charge on any atom is -0.369 e. The van der Waals surface area contributed by atoms with Crippen molar-refractivity contribution in [2.45, 2.75) is 32.3 Å². The Morgan fingerprint density at radius 1 is 1.17 bits per heavy atom. The summed E-state index contributed by atoms with van der Waals surface area (Å²) in [6.07, 6.45) is 1.98. The van der Waals surface area contributed by atoms with Crippen LogP contribution < -0.4 is 0 Å². The normalized spacial score (nSPS) is 20.0. The van der Waals surface area contributed by atoms with E-state index in [4.69, 9.17) is 4.74 Å². The fourth-order valence-corrected chi connectivity index (χ4v) is 2.27. The molecule has 2 saturated heterocycles. The number of ether oxygens (including phenoxy) is 1. The minimum absolute atomic E-state index is 0.146. The first-order valence-corrected chi connectivity index (χ1v) is 6.77. The first kappa shape index (κ1) is 13.1. The third-order valence-electron chi connectivity index (χ3n) is 3.54. The Kier molecular flexibility index (Phi) is 4.02. The van der Waals surface area contributed by atoms with Gasteiger partial charge >= 0.3 is 0 Å². The topological polar surface area (TPSA) is 32.8 Å². The molecule has 0 unspecified atom stereocenters. The largest absolute Gasteiger partial charge is 0.369 e. The highest BCUT2D eigenvalue weighted by atomic mass is 16.6. The molecule has 1 spiro atoms. The van der Waals surface area contributed by atoms with E-state index < -0.39 is 0 Å². The van der Waals surface area contributed by atoms with E-state index in [-0.39, 0.29) is 11.5 Å². The third-order valence-corrected chi connectivity index (χ3v) is 3.54. The van der Waals surface area contributed by atoms with Gasteiger partial charge < -0.3 is 9.64 Å². The first-order chi connectivity index (χ1) is 8.79. The van der Waals surface area contributed by atoms with Crippen LogP contribution >= 0.6 is 0 Å². The second kappa shape index (κ2) is 5.53. The van der Waals surface area contributed by atoms with E-state index in [0.29, 0.717) is 0 Å². The van der Waals surface area contributed by atoms with Gasteiger partial charge in [-0.3, -0.25) is 4.79 Å². The number of amides is 1.